The summed E-state index contributed by atoms with van der Waals surface area (Å²) in [7, 11) is 0. The monoisotopic (exact) mass is 497 g/mol. The third kappa shape index (κ3) is 3.11. The first kappa shape index (κ1) is 21.8. The molecule has 0 radical (unpaired) electrons. The summed E-state index contributed by atoms with van der Waals surface area (Å²) in [6, 6.07) is 36.5. The predicted octanol–water partition coefficient (Wildman–Crippen LogP) is 9.25. The topological polar surface area (TPSA) is 30.2 Å². The van der Waals surface area contributed by atoms with Crippen molar-refractivity contribution in [3.8, 4) is 22.3 Å². The van der Waals surface area contributed by atoms with Gasteiger partial charge in [0, 0.05) is 27.9 Å². The fourth-order valence-corrected chi connectivity index (χ4v) is 6.22. The van der Waals surface area contributed by atoms with Gasteiger partial charge in [-0.05, 0) is 68.9 Å². The van der Waals surface area contributed by atoms with Gasteiger partial charge in [-0.2, -0.15) is 5.10 Å². The van der Waals surface area contributed by atoms with Crippen LogP contribution in [0.2, 0.25) is 0 Å². The highest BCUT2D eigenvalue weighted by molar-refractivity contribution is 6.23. The number of para-hydroxylation sites is 1. The molecular weight excluding hydrogens is 474 g/mol. The molecule has 0 saturated carbocycles. The molecule has 3 nitrogen and oxygen atoms in total. The number of nitrogens with zero attached hydrogens (tertiary/aromatic N) is 3. The van der Waals surface area contributed by atoms with Crippen molar-refractivity contribution in [2.75, 3.05) is 0 Å². The summed E-state index contributed by atoms with van der Waals surface area (Å²) in [4.78, 5) is 4.60. The Morgan fingerprint density at radius 2 is 1.41 bits per heavy atom. The number of aromatic nitrogens is 2. The molecule has 2 heterocycles. The highest BCUT2D eigenvalue weighted by atomic mass is 15.3. The molecule has 0 bridgehead atoms. The molecule has 2 aromatic heterocycles. The number of fused-ring (bicyclic) bond motifs is 8. The first-order valence-electron chi connectivity index (χ1n) is 13.1. The van der Waals surface area contributed by atoms with Crippen molar-refractivity contribution < 1.29 is 0 Å². The number of hydrogen-bond donors (Lipinski definition) is 0. The van der Waals surface area contributed by atoms with E-state index in [1.54, 1.807) is 0 Å². The second-order valence-corrected chi connectivity index (χ2v) is 9.90. The molecule has 8 rings (SSSR count). The van der Waals surface area contributed by atoms with E-state index < -0.39 is 0 Å². The number of benzene rings is 5. The molecule has 1 aliphatic rings. The molecule has 0 fully saturated rings. The molecule has 0 aliphatic heterocycles. The average molecular weight is 498 g/mol. The van der Waals surface area contributed by atoms with Gasteiger partial charge >= 0.3 is 0 Å². The van der Waals surface area contributed by atoms with Crippen LogP contribution in [0.5, 0.6) is 0 Å². The van der Waals surface area contributed by atoms with Crippen LogP contribution >= 0.6 is 0 Å². The largest absolute Gasteiger partial charge is 0.256 e. The van der Waals surface area contributed by atoms with Crippen LogP contribution in [0, 0.1) is 0 Å². The zero-order valence-electron chi connectivity index (χ0n) is 21.2. The highest BCUT2D eigenvalue weighted by Crippen LogP contribution is 2.48. The molecule has 0 spiro atoms. The van der Waals surface area contributed by atoms with E-state index in [0.29, 0.717) is 0 Å². The lowest BCUT2D eigenvalue weighted by Gasteiger charge is -2.10. The van der Waals surface area contributed by atoms with Crippen molar-refractivity contribution in [1.29, 1.82) is 0 Å². The molecule has 182 valence electrons. The summed E-state index contributed by atoms with van der Waals surface area (Å²) in [5, 5.41) is 11.1. The fourth-order valence-electron chi connectivity index (χ4n) is 6.22. The van der Waals surface area contributed by atoms with E-state index in [1.807, 2.05) is 30.6 Å². The molecule has 0 unspecified atom stereocenters. The average Bonchev–Trinajstić information content (AvgIpc) is 3.50. The first-order chi connectivity index (χ1) is 19.3. The van der Waals surface area contributed by atoms with Gasteiger partial charge in [0.2, 0.25) is 0 Å². The number of allylic oxidation sites excluding steroid dienone is 3. The lowest BCUT2D eigenvalue weighted by atomic mass is 9.94. The Morgan fingerprint density at radius 3 is 2.28 bits per heavy atom. The molecule has 7 aromatic rings. The molecular formula is C36H23N3. The van der Waals surface area contributed by atoms with Gasteiger partial charge in [0.25, 0.3) is 0 Å². The Morgan fingerprint density at radius 1 is 0.667 bits per heavy atom. The summed E-state index contributed by atoms with van der Waals surface area (Å²) in [5.41, 5.74) is 10.4. The lowest BCUT2D eigenvalue weighted by molar-refractivity contribution is 0.980. The fraction of sp³-hybridized carbons (Fsp3) is 0. The summed E-state index contributed by atoms with van der Waals surface area (Å²) >= 11 is 0. The maximum atomic E-state index is 5.12. The van der Waals surface area contributed by atoms with E-state index in [2.05, 4.69) is 113 Å². The summed E-state index contributed by atoms with van der Waals surface area (Å²) < 4.78 is 2.06. The minimum Gasteiger partial charge on any atom is -0.256 e. The van der Waals surface area contributed by atoms with Crippen LogP contribution in [0.1, 0.15) is 5.56 Å². The van der Waals surface area contributed by atoms with Crippen LogP contribution < -0.4 is 0 Å². The Balaban J connectivity index is 1.36. The van der Waals surface area contributed by atoms with Gasteiger partial charge in [-0.15, -0.1) is 0 Å². The van der Waals surface area contributed by atoms with E-state index >= 15 is 0 Å². The highest BCUT2D eigenvalue weighted by Gasteiger charge is 2.22. The van der Waals surface area contributed by atoms with Gasteiger partial charge in [0.05, 0.1) is 22.8 Å². The van der Waals surface area contributed by atoms with Gasteiger partial charge < -0.3 is 0 Å². The van der Waals surface area contributed by atoms with Crippen molar-refractivity contribution in [1.82, 2.24) is 9.66 Å². The van der Waals surface area contributed by atoms with E-state index in [-0.39, 0.29) is 0 Å². The predicted molar refractivity (Wildman–Crippen MR) is 165 cm³/mol. The van der Waals surface area contributed by atoms with Crippen molar-refractivity contribution in [3.05, 3.63) is 134 Å². The molecule has 5 aromatic carbocycles. The van der Waals surface area contributed by atoms with E-state index in [4.69, 9.17) is 5.10 Å². The first-order valence-corrected chi connectivity index (χ1v) is 13.1. The van der Waals surface area contributed by atoms with Crippen LogP contribution in [-0.4, -0.2) is 15.9 Å². The van der Waals surface area contributed by atoms with E-state index in [0.717, 1.165) is 33.1 Å². The molecule has 0 amide bonds. The number of pyridine rings is 1. The van der Waals surface area contributed by atoms with Gasteiger partial charge in [0.15, 0.2) is 0 Å². The number of hydrogen-bond acceptors (Lipinski definition) is 2. The zero-order valence-corrected chi connectivity index (χ0v) is 21.2. The Labute approximate surface area is 225 Å². The van der Waals surface area contributed by atoms with E-state index in [1.165, 1.54) is 43.8 Å². The summed E-state index contributed by atoms with van der Waals surface area (Å²) in [5.74, 6) is 0. The minimum atomic E-state index is 0.957. The zero-order chi connectivity index (χ0) is 25.9. The van der Waals surface area contributed by atoms with E-state index in [9.17, 15) is 0 Å². The number of rotatable bonds is 4. The Kier molecular flexibility index (Phi) is 4.67. The van der Waals surface area contributed by atoms with Crippen LogP contribution in [0.15, 0.2) is 133 Å². The van der Waals surface area contributed by atoms with Gasteiger partial charge in [-0.1, -0.05) is 91.5 Å². The Bertz CT molecular complexity index is 2160. The third-order valence-electron chi connectivity index (χ3n) is 7.86. The molecule has 39 heavy (non-hydrogen) atoms. The van der Waals surface area contributed by atoms with Crippen LogP contribution in [0.3, 0.4) is 0 Å². The maximum absolute atomic E-state index is 5.12. The smallest absolute Gasteiger partial charge is 0.0826 e. The standard InChI is InChI=1S/C36H23N3/c1-2-9-23(24-17-18-30-26-11-4-3-10-25(26)29-14-7-13-28(24)35(29)30)22-38-39-34-16-6-5-12-27(34)31-19-20-33-32(36(31)39)15-8-21-37-33/h2-22H,1H2/b23-9+,38-22-. The molecule has 3 heteroatoms. The SMILES string of the molecule is C=C/C=C(\C=N/n1c2ccccc2c2ccc3ncccc3c21)c1ccc2c3c(cccc13)-c1ccccc1-2. The Hall–Kier alpha value is -5.28. The van der Waals surface area contributed by atoms with Crippen molar-refractivity contribution in [3.63, 3.8) is 0 Å². The second-order valence-electron chi connectivity index (χ2n) is 9.90. The lowest BCUT2D eigenvalue weighted by Crippen LogP contribution is -1.94. The molecule has 0 N–H and O–H groups in total. The molecule has 0 saturated heterocycles. The summed E-state index contributed by atoms with van der Waals surface area (Å²) in [6.07, 6.45) is 7.69. The quantitative estimate of drug-likeness (QED) is 0.176. The normalized spacial score (nSPS) is 12.8. The van der Waals surface area contributed by atoms with Crippen LogP contribution in [0.25, 0.3) is 71.3 Å². The van der Waals surface area contributed by atoms with Crippen molar-refractivity contribution in [2.24, 2.45) is 5.10 Å². The van der Waals surface area contributed by atoms with Gasteiger partial charge in [-0.25, -0.2) is 4.68 Å². The van der Waals surface area contributed by atoms with Crippen molar-refractivity contribution >= 4 is 55.3 Å². The van der Waals surface area contributed by atoms with Crippen LogP contribution in [-0.2, 0) is 0 Å². The molecule has 0 atom stereocenters. The minimum absolute atomic E-state index is 0.957. The maximum Gasteiger partial charge on any atom is 0.0826 e. The van der Waals surface area contributed by atoms with Crippen molar-refractivity contribution in [2.45, 2.75) is 0 Å². The molecule has 1 aliphatic carbocycles. The van der Waals surface area contributed by atoms with Gasteiger partial charge in [0.1, 0.15) is 0 Å². The second kappa shape index (κ2) is 8.37. The summed E-state index contributed by atoms with van der Waals surface area (Å²) in [6.45, 7) is 4.02. The van der Waals surface area contributed by atoms with Crippen LogP contribution in [0.4, 0.5) is 0 Å². The third-order valence-corrected chi connectivity index (χ3v) is 7.86. The van der Waals surface area contributed by atoms with Gasteiger partial charge in [-0.3, -0.25) is 4.98 Å².